The molecule has 3 heteroatoms. The summed E-state index contributed by atoms with van der Waals surface area (Å²) < 4.78 is 10.4. The molecule has 0 saturated carbocycles. The summed E-state index contributed by atoms with van der Waals surface area (Å²) in [5, 5.41) is 0.790. The Kier molecular flexibility index (Phi) is 3.78. The largest absolute Gasteiger partial charge is 0.496 e. The molecule has 0 spiro atoms. The summed E-state index contributed by atoms with van der Waals surface area (Å²) in [6.45, 7) is 4.47. The Hall–Kier alpha value is -0.730. The molecule has 0 bridgehead atoms. The van der Waals surface area contributed by atoms with E-state index < -0.39 is 0 Å². The first-order chi connectivity index (χ1) is 6.61. The first-order valence-corrected chi connectivity index (χ1v) is 4.81. The fourth-order valence-electron chi connectivity index (χ4n) is 1.47. The van der Waals surface area contributed by atoms with Crippen LogP contribution in [0.4, 0.5) is 0 Å². The van der Waals surface area contributed by atoms with Gasteiger partial charge in [-0.3, -0.25) is 0 Å². The van der Waals surface area contributed by atoms with E-state index >= 15 is 0 Å². The average molecular weight is 215 g/mol. The smallest absolute Gasteiger partial charge is 0.125 e. The molecule has 78 valence electrons. The molecule has 0 aliphatic rings. The number of rotatable bonds is 3. The minimum atomic E-state index is 0.523. The highest BCUT2D eigenvalue weighted by molar-refractivity contribution is 6.32. The van der Waals surface area contributed by atoms with Crippen molar-refractivity contribution >= 4 is 11.6 Å². The number of ether oxygens (including phenoxy) is 2. The fourth-order valence-corrected chi connectivity index (χ4v) is 1.63. The van der Waals surface area contributed by atoms with Crippen LogP contribution in [0.3, 0.4) is 0 Å². The molecule has 0 saturated heterocycles. The molecule has 0 unspecified atom stereocenters. The number of aryl methyl sites for hydroxylation is 1. The Morgan fingerprint density at radius 3 is 2.43 bits per heavy atom. The number of halogens is 1. The summed E-state index contributed by atoms with van der Waals surface area (Å²) in [5.74, 6) is 0.839. The molecule has 0 aliphatic carbocycles. The van der Waals surface area contributed by atoms with Gasteiger partial charge in [0.1, 0.15) is 5.75 Å². The maximum absolute atomic E-state index is 6.14. The van der Waals surface area contributed by atoms with E-state index in [0.29, 0.717) is 6.61 Å². The van der Waals surface area contributed by atoms with Crippen molar-refractivity contribution in [2.24, 2.45) is 0 Å². The molecular formula is C11H15ClO2. The van der Waals surface area contributed by atoms with E-state index in [1.807, 2.05) is 19.9 Å². The second-order valence-corrected chi connectivity index (χ2v) is 3.62. The summed E-state index contributed by atoms with van der Waals surface area (Å²) in [7, 11) is 3.31. The maximum atomic E-state index is 6.14. The van der Waals surface area contributed by atoms with E-state index in [1.165, 1.54) is 0 Å². The van der Waals surface area contributed by atoms with Crippen LogP contribution < -0.4 is 4.74 Å². The van der Waals surface area contributed by atoms with Gasteiger partial charge in [0.2, 0.25) is 0 Å². The lowest BCUT2D eigenvalue weighted by molar-refractivity contribution is 0.181. The van der Waals surface area contributed by atoms with Gasteiger partial charge in [0, 0.05) is 17.7 Å². The lowest BCUT2D eigenvalue weighted by Gasteiger charge is -2.14. The third-order valence-electron chi connectivity index (χ3n) is 2.28. The summed E-state index contributed by atoms with van der Waals surface area (Å²) in [5.41, 5.74) is 3.08. The van der Waals surface area contributed by atoms with Gasteiger partial charge in [0.05, 0.1) is 13.7 Å². The van der Waals surface area contributed by atoms with Gasteiger partial charge in [-0.1, -0.05) is 11.6 Å². The van der Waals surface area contributed by atoms with Crippen LogP contribution >= 0.6 is 11.6 Å². The van der Waals surface area contributed by atoms with Gasteiger partial charge in [-0.25, -0.2) is 0 Å². The van der Waals surface area contributed by atoms with Crippen molar-refractivity contribution in [3.63, 3.8) is 0 Å². The summed E-state index contributed by atoms with van der Waals surface area (Å²) in [6.07, 6.45) is 0. The van der Waals surface area contributed by atoms with Gasteiger partial charge in [-0.15, -0.1) is 0 Å². The second-order valence-electron chi connectivity index (χ2n) is 3.25. The molecular weight excluding hydrogens is 200 g/mol. The zero-order valence-electron chi connectivity index (χ0n) is 8.98. The van der Waals surface area contributed by atoms with Gasteiger partial charge in [0.25, 0.3) is 0 Å². The molecule has 2 nitrogen and oxygen atoms in total. The van der Waals surface area contributed by atoms with E-state index in [4.69, 9.17) is 21.1 Å². The molecule has 1 aromatic carbocycles. The van der Waals surface area contributed by atoms with Crippen LogP contribution in [0.15, 0.2) is 6.07 Å². The minimum absolute atomic E-state index is 0.523. The van der Waals surface area contributed by atoms with Crippen molar-refractivity contribution in [3.8, 4) is 5.75 Å². The SMILES string of the molecule is COCc1c(OC)cc(C)c(Cl)c1C. The van der Waals surface area contributed by atoms with E-state index in [-0.39, 0.29) is 0 Å². The molecule has 0 fully saturated rings. The van der Waals surface area contributed by atoms with Crippen LogP contribution in [0.2, 0.25) is 5.02 Å². The second kappa shape index (κ2) is 4.67. The highest BCUT2D eigenvalue weighted by Gasteiger charge is 2.11. The van der Waals surface area contributed by atoms with Crippen molar-refractivity contribution in [1.29, 1.82) is 0 Å². The Balaban J connectivity index is 3.29. The third kappa shape index (κ3) is 2.02. The van der Waals surface area contributed by atoms with E-state index in [1.54, 1.807) is 14.2 Å². The van der Waals surface area contributed by atoms with E-state index in [0.717, 1.165) is 27.5 Å². The highest BCUT2D eigenvalue weighted by Crippen LogP contribution is 2.31. The lowest BCUT2D eigenvalue weighted by Crippen LogP contribution is -1.99. The molecule has 0 amide bonds. The lowest BCUT2D eigenvalue weighted by atomic mass is 10.0. The monoisotopic (exact) mass is 214 g/mol. The van der Waals surface area contributed by atoms with Crippen molar-refractivity contribution < 1.29 is 9.47 Å². The Bertz CT molecular complexity index is 335. The van der Waals surface area contributed by atoms with Crippen LogP contribution in [0.1, 0.15) is 16.7 Å². The molecule has 0 aliphatic heterocycles. The Morgan fingerprint density at radius 2 is 1.93 bits per heavy atom. The predicted octanol–water partition coefficient (Wildman–Crippen LogP) is 3.11. The van der Waals surface area contributed by atoms with Gasteiger partial charge in [-0.2, -0.15) is 0 Å². The minimum Gasteiger partial charge on any atom is -0.496 e. The van der Waals surface area contributed by atoms with Crippen molar-refractivity contribution in [2.75, 3.05) is 14.2 Å². The molecule has 0 radical (unpaired) electrons. The Morgan fingerprint density at radius 1 is 1.29 bits per heavy atom. The molecule has 0 heterocycles. The average Bonchev–Trinajstić information content (AvgIpc) is 2.19. The van der Waals surface area contributed by atoms with Crippen molar-refractivity contribution in [1.82, 2.24) is 0 Å². The van der Waals surface area contributed by atoms with Crippen LogP contribution in [-0.4, -0.2) is 14.2 Å². The summed E-state index contributed by atoms with van der Waals surface area (Å²) in [4.78, 5) is 0. The molecule has 1 aromatic rings. The number of hydrogen-bond acceptors (Lipinski definition) is 2. The summed E-state index contributed by atoms with van der Waals surface area (Å²) >= 11 is 6.14. The van der Waals surface area contributed by atoms with Crippen molar-refractivity contribution in [3.05, 3.63) is 27.8 Å². The molecule has 0 atom stereocenters. The van der Waals surface area contributed by atoms with E-state index in [9.17, 15) is 0 Å². The van der Waals surface area contributed by atoms with Gasteiger partial charge >= 0.3 is 0 Å². The molecule has 0 N–H and O–H groups in total. The standard InChI is InChI=1S/C11H15ClO2/c1-7-5-10(14-4)9(6-13-3)8(2)11(7)12/h5H,6H2,1-4H3. The van der Waals surface area contributed by atoms with Gasteiger partial charge in [0.15, 0.2) is 0 Å². The zero-order chi connectivity index (χ0) is 10.7. The summed E-state index contributed by atoms with van der Waals surface area (Å²) in [6, 6.07) is 1.93. The zero-order valence-corrected chi connectivity index (χ0v) is 9.73. The number of benzene rings is 1. The first kappa shape index (κ1) is 11.3. The fraction of sp³-hybridized carbons (Fsp3) is 0.455. The van der Waals surface area contributed by atoms with Crippen molar-refractivity contribution in [2.45, 2.75) is 20.5 Å². The molecule has 14 heavy (non-hydrogen) atoms. The van der Waals surface area contributed by atoms with Gasteiger partial charge < -0.3 is 9.47 Å². The van der Waals surface area contributed by atoms with E-state index in [2.05, 4.69) is 0 Å². The van der Waals surface area contributed by atoms with Crippen LogP contribution in [0.5, 0.6) is 5.75 Å². The Labute approximate surface area is 89.8 Å². The van der Waals surface area contributed by atoms with Crippen LogP contribution in [-0.2, 0) is 11.3 Å². The topological polar surface area (TPSA) is 18.5 Å². The predicted molar refractivity (Wildman–Crippen MR) is 58.2 cm³/mol. The van der Waals surface area contributed by atoms with Crippen LogP contribution in [0.25, 0.3) is 0 Å². The molecule has 0 aromatic heterocycles. The van der Waals surface area contributed by atoms with Crippen LogP contribution in [0, 0.1) is 13.8 Å². The third-order valence-corrected chi connectivity index (χ3v) is 2.86. The molecule has 1 rings (SSSR count). The quantitative estimate of drug-likeness (QED) is 0.770. The maximum Gasteiger partial charge on any atom is 0.125 e. The first-order valence-electron chi connectivity index (χ1n) is 4.43. The normalized spacial score (nSPS) is 10.4. The number of hydrogen-bond donors (Lipinski definition) is 0. The van der Waals surface area contributed by atoms with Gasteiger partial charge in [-0.05, 0) is 31.0 Å². The highest BCUT2D eigenvalue weighted by atomic mass is 35.5. The number of methoxy groups -OCH3 is 2.